The molecule has 1 aliphatic rings. The molecule has 12 heteroatoms. The number of primary sulfonamides is 1. The first-order chi connectivity index (χ1) is 14.2. The highest BCUT2D eigenvalue weighted by molar-refractivity contribution is 7.91. The highest BCUT2D eigenvalue weighted by Gasteiger charge is 2.25. The standard InChI is InChI=1S/C18H20N4O6S2/c19-30(26,27)16-10-13(12-29-16)17(24)28-11-15(23)21-6-8-22(9-7-21)18(25)20-14-4-2-1-3-5-14/h1-5,10,12H,6-9,11H2,(H,20,25)(H2,19,26,27). The van der Waals surface area contributed by atoms with Crippen molar-refractivity contribution in [3.05, 3.63) is 47.3 Å². The number of amides is 3. The first-order valence-corrected chi connectivity index (χ1v) is 11.3. The smallest absolute Gasteiger partial charge is 0.339 e. The number of urea groups is 1. The maximum absolute atomic E-state index is 12.3. The molecule has 3 rings (SSSR count). The normalized spacial score (nSPS) is 14.3. The highest BCUT2D eigenvalue weighted by atomic mass is 32.2. The van der Waals surface area contributed by atoms with E-state index in [9.17, 15) is 22.8 Å². The number of rotatable bonds is 5. The van der Waals surface area contributed by atoms with Gasteiger partial charge in [-0.2, -0.15) is 0 Å². The van der Waals surface area contributed by atoms with Gasteiger partial charge < -0.3 is 19.9 Å². The third-order valence-electron chi connectivity index (χ3n) is 4.36. The Labute approximate surface area is 177 Å². The predicted molar refractivity (Wildman–Crippen MR) is 110 cm³/mol. The van der Waals surface area contributed by atoms with E-state index in [4.69, 9.17) is 9.88 Å². The molecule has 1 aromatic carbocycles. The van der Waals surface area contributed by atoms with Crippen LogP contribution in [0.1, 0.15) is 10.4 Å². The molecule has 0 unspecified atom stereocenters. The maximum Gasteiger partial charge on any atom is 0.339 e. The van der Waals surface area contributed by atoms with Crippen LogP contribution < -0.4 is 10.5 Å². The molecule has 0 aliphatic carbocycles. The Morgan fingerprint density at radius 2 is 1.70 bits per heavy atom. The Balaban J connectivity index is 1.44. The minimum absolute atomic E-state index is 0.0132. The van der Waals surface area contributed by atoms with Gasteiger partial charge >= 0.3 is 12.0 Å². The van der Waals surface area contributed by atoms with Gasteiger partial charge in [-0.25, -0.2) is 23.1 Å². The number of thiophene rings is 1. The molecule has 3 amide bonds. The zero-order valence-corrected chi connectivity index (χ0v) is 17.4. The van der Waals surface area contributed by atoms with E-state index in [2.05, 4.69) is 5.32 Å². The van der Waals surface area contributed by atoms with E-state index >= 15 is 0 Å². The van der Waals surface area contributed by atoms with Gasteiger partial charge in [0.05, 0.1) is 5.56 Å². The molecule has 2 heterocycles. The topological polar surface area (TPSA) is 139 Å². The van der Waals surface area contributed by atoms with Crippen molar-refractivity contribution in [2.75, 3.05) is 38.1 Å². The van der Waals surface area contributed by atoms with E-state index in [0.29, 0.717) is 31.9 Å². The lowest BCUT2D eigenvalue weighted by Crippen LogP contribution is -2.52. The number of esters is 1. The summed E-state index contributed by atoms with van der Waals surface area (Å²) in [6.07, 6.45) is 0. The van der Waals surface area contributed by atoms with E-state index in [0.717, 1.165) is 17.4 Å². The average Bonchev–Trinajstić information content (AvgIpc) is 3.23. The fourth-order valence-corrected chi connectivity index (χ4v) is 4.33. The van der Waals surface area contributed by atoms with Gasteiger partial charge in [0, 0.05) is 37.2 Å². The maximum atomic E-state index is 12.3. The van der Waals surface area contributed by atoms with Crippen LogP contribution >= 0.6 is 11.3 Å². The molecule has 1 fully saturated rings. The van der Waals surface area contributed by atoms with Crippen LogP contribution in [0.3, 0.4) is 0 Å². The van der Waals surface area contributed by atoms with E-state index in [-0.39, 0.29) is 15.8 Å². The quantitative estimate of drug-likeness (QED) is 0.647. The lowest BCUT2D eigenvalue weighted by molar-refractivity contribution is -0.135. The largest absolute Gasteiger partial charge is 0.452 e. The second-order valence-electron chi connectivity index (χ2n) is 6.44. The summed E-state index contributed by atoms with van der Waals surface area (Å²) < 4.78 is 27.3. The Kier molecular flexibility index (Phi) is 6.70. The van der Waals surface area contributed by atoms with Crippen molar-refractivity contribution in [3.63, 3.8) is 0 Å². The number of carbonyl (C=O) groups excluding carboxylic acids is 3. The zero-order chi connectivity index (χ0) is 21.7. The molecule has 2 aromatic rings. The minimum Gasteiger partial charge on any atom is -0.452 e. The molecule has 30 heavy (non-hydrogen) atoms. The minimum atomic E-state index is -3.90. The number of ether oxygens (including phenoxy) is 1. The van der Waals surface area contributed by atoms with Crippen molar-refractivity contribution >= 4 is 45.0 Å². The summed E-state index contributed by atoms with van der Waals surface area (Å²) in [6, 6.07) is 9.92. The van der Waals surface area contributed by atoms with Crippen molar-refractivity contribution in [2.45, 2.75) is 4.21 Å². The van der Waals surface area contributed by atoms with Crippen LogP contribution in [0, 0.1) is 0 Å². The second-order valence-corrected chi connectivity index (χ2v) is 9.14. The molecule has 1 aliphatic heterocycles. The molecule has 0 spiro atoms. The number of sulfonamides is 1. The molecule has 0 saturated carbocycles. The summed E-state index contributed by atoms with van der Waals surface area (Å²) in [6.45, 7) is 0.843. The molecule has 0 radical (unpaired) electrons. The molecule has 3 N–H and O–H groups in total. The monoisotopic (exact) mass is 452 g/mol. The summed E-state index contributed by atoms with van der Waals surface area (Å²) in [7, 11) is -3.90. The molecular weight excluding hydrogens is 432 g/mol. The summed E-state index contributed by atoms with van der Waals surface area (Å²) in [5.74, 6) is -1.20. The van der Waals surface area contributed by atoms with Crippen LogP contribution in [0.4, 0.5) is 10.5 Å². The molecule has 1 aromatic heterocycles. The van der Waals surface area contributed by atoms with Crippen molar-refractivity contribution in [3.8, 4) is 0 Å². The second kappa shape index (κ2) is 9.24. The fraction of sp³-hybridized carbons (Fsp3) is 0.278. The van der Waals surface area contributed by atoms with Crippen LogP contribution in [-0.2, 0) is 19.6 Å². The number of nitrogens with one attached hydrogen (secondary N) is 1. The number of para-hydroxylation sites is 1. The van der Waals surface area contributed by atoms with Crippen LogP contribution in [0.5, 0.6) is 0 Å². The number of nitrogens with two attached hydrogens (primary N) is 1. The van der Waals surface area contributed by atoms with Gasteiger partial charge in [-0.1, -0.05) is 18.2 Å². The van der Waals surface area contributed by atoms with Crippen LogP contribution in [0.2, 0.25) is 0 Å². The number of benzene rings is 1. The molecule has 160 valence electrons. The first kappa shape index (κ1) is 21.7. The lowest BCUT2D eigenvalue weighted by atomic mass is 10.3. The fourth-order valence-electron chi connectivity index (χ4n) is 2.76. The Morgan fingerprint density at radius 3 is 2.30 bits per heavy atom. The average molecular weight is 453 g/mol. The predicted octanol–water partition coefficient (Wildman–Crippen LogP) is 0.929. The highest BCUT2D eigenvalue weighted by Crippen LogP contribution is 2.19. The van der Waals surface area contributed by atoms with Crippen molar-refractivity contribution < 1.29 is 27.5 Å². The van der Waals surface area contributed by atoms with E-state index in [1.807, 2.05) is 18.2 Å². The Hall–Kier alpha value is -2.96. The molecule has 0 atom stereocenters. The van der Waals surface area contributed by atoms with Crippen LogP contribution in [-0.4, -0.2) is 68.9 Å². The third-order valence-corrected chi connectivity index (χ3v) is 6.75. The number of piperazine rings is 1. The van der Waals surface area contributed by atoms with Gasteiger partial charge in [0.1, 0.15) is 4.21 Å². The van der Waals surface area contributed by atoms with E-state index in [1.165, 1.54) is 10.3 Å². The SMILES string of the molecule is NS(=O)(=O)c1cc(C(=O)OCC(=O)N2CCN(C(=O)Nc3ccccc3)CC2)cs1. The van der Waals surface area contributed by atoms with Crippen molar-refractivity contribution in [1.29, 1.82) is 0 Å². The molecular formula is C18H20N4O6S2. The lowest BCUT2D eigenvalue weighted by Gasteiger charge is -2.34. The molecule has 1 saturated heterocycles. The summed E-state index contributed by atoms with van der Waals surface area (Å²) in [5, 5.41) is 9.10. The van der Waals surface area contributed by atoms with Crippen LogP contribution in [0.25, 0.3) is 0 Å². The van der Waals surface area contributed by atoms with E-state index < -0.39 is 28.5 Å². The van der Waals surface area contributed by atoms with Gasteiger partial charge in [-0.05, 0) is 18.2 Å². The Morgan fingerprint density at radius 1 is 1.07 bits per heavy atom. The third kappa shape index (κ3) is 5.55. The number of hydrogen-bond acceptors (Lipinski definition) is 7. The van der Waals surface area contributed by atoms with Gasteiger partial charge in [-0.15, -0.1) is 11.3 Å². The Bertz CT molecular complexity index is 1030. The molecule has 10 nitrogen and oxygen atoms in total. The zero-order valence-electron chi connectivity index (χ0n) is 15.8. The summed E-state index contributed by atoms with van der Waals surface area (Å²) >= 11 is 0.798. The summed E-state index contributed by atoms with van der Waals surface area (Å²) in [4.78, 5) is 39.7. The van der Waals surface area contributed by atoms with Gasteiger partial charge in [0.25, 0.3) is 5.91 Å². The van der Waals surface area contributed by atoms with Crippen LogP contribution in [0.15, 0.2) is 46.0 Å². The van der Waals surface area contributed by atoms with Gasteiger partial charge in [0.2, 0.25) is 10.0 Å². The van der Waals surface area contributed by atoms with Crippen molar-refractivity contribution in [1.82, 2.24) is 9.80 Å². The number of hydrogen-bond donors (Lipinski definition) is 2. The number of carbonyl (C=O) groups is 3. The van der Waals surface area contributed by atoms with Gasteiger partial charge in [0.15, 0.2) is 6.61 Å². The first-order valence-electron chi connectivity index (χ1n) is 8.91. The van der Waals surface area contributed by atoms with Gasteiger partial charge in [-0.3, -0.25) is 4.79 Å². The van der Waals surface area contributed by atoms with E-state index in [1.54, 1.807) is 17.0 Å². The number of nitrogens with zero attached hydrogens (tertiary/aromatic N) is 2. The molecule has 0 bridgehead atoms. The summed E-state index contributed by atoms with van der Waals surface area (Å²) in [5.41, 5.74) is 0.700. The van der Waals surface area contributed by atoms with Crippen molar-refractivity contribution in [2.24, 2.45) is 5.14 Å². The number of anilines is 1.